The fourth-order valence-electron chi connectivity index (χ4n) is 1.02. The second-order valence-electron chi connectivity index (χ2n) is 3.55. The van der Waals surface area contributed by atoms with Crippen LogP contribution in [0.3, 0.4) is 0 Å². The Morgan fingerprint density at radius 2 is 2.00 bits per heavy atom. The number of hydrogen-bond donors (Lipinski definition) is 3. The second kappa shape index (κ2) is 7.26. The fourth-order valence-corrected chi connectivity index (χ4v) is 1.02. The van der Waals surface area contributed by atoms with Gasteiger partial charge in [0.25, 0.3) is 0 Å². The highest BCUT2D eigenvalue weighted by atomic mass is 16.5. The minimum atomic E-state index is -0.682. The molecule has 0 bridgehead atoms. The highest BCUT2D eigenvalue weighted by Gasteiger charge is 2.13. The third kappa shape index (κ3) is 5.99. The number of aliphatic hydroxyl groups excluding tert-OH is 2. The highest BCUT2D eigenvalue weighted by Crippen LogP contribution is 2.01. The van der Waals surface area contributed by atoms with Gasteiger partial charge in [-0.25, -0.2) is 0 Å². The lowest BCUT2D eigenvalue weighted by Gasteiger charge is -2.22. The molecular weight excluding hydrogens is 170 g/mol. The molecule has 0 saturated heterocycles. The fraction of sp³-hybridized carbons (Fsp3) is 1.00. The molecule has 0 aromatic rings. The first-order valence-electron chi connectivity index (χ1n) is 4.63. The molecule has 0 aliphatic rings. The first-order chi connectivity index (χ1) is 6.11. The van der Waals surface area contributed by atoms with Crippen LogP contribution in [-0.2, 0) is 4.74 Å². The van der Waals surface area contributed by atoms with Gasteiger partial charge in [0.2, 0.25) is 0 Å². The Hall–Kier alpha value is -0.160. The molecule has 0 aromatic heterocycles. The third-order valence-electron chi connectivity index (χ3n) is 1.98. The number of nitrogens with one attached hydrogen (secondary N) is 1. The van der Waals surface area contributed by atoms with Crippen molar-refractivity contribution in [3.8, 4) is 0 Å². The van der Waals surface area contributed by atoms with Crippen molar-refractivity contribution in [3.63, 3.8) is 0 Å². The summed E-state index contributed by atoms with van der Waals surface area (Å²) in [7, 11) is 1.65. The zero-order chi connectivity index (χ0) is 10.3. The van der Waals surface area contributed by atoms with E-state index in [2.05, 4.69) is 19.2 Å². The predicted molar refractivity (Wildman–Crippen MR) is 51.6 cm³/mol. The summed E-state index contributed by atoms with van der Waals surface area (Å²) in [6.07, 6.45) is -0.682. The Balaban J connectivity index is 3.68. The molecule has 0 aromatic carbocycles. The van der Waals surface area contributed by atoms with Gasteiger partial charge < -0.3 is 20.3 Å². The van der Waals surface area contributed by atoms with Crippen molar-refractivity contribution in [2.75, 3.05) is 26.9 Å². The second-order valence-corrected chi connectivity index (χ2v) is 3.55. The van der Waals surface area contributed by atoms with Crippen molar-refractivity contribution in [2.45, 2.75) is 26.0 Å². The minimum absolute atomic E-state index is 0.204. The molecule has 2 atom stereocenters. The summed E-state index contributed by atoms with van der Waals surface area (Å²) in [6, 6.07) is 0.228. The van der Waals surface area contributed by atoms with E-state index in [0.717, 1.165) is 0 Å². The van der Waals surface area contributed by atoms with E-state index in [9.17, 15) is 0 Å². The number of hydrogen-bond acceptors (Lipinski definition) is 4. The van der Waals surface area contributed by atoms with Gasteiger partial charge in [0.05, 0.1) is 19.3 Å². The van der Waals surface area contributed by atoms with Gasteiger partial charge in [0.15, 0.2) is 0 Å². The van der Waals surface area contributed by atoms with Crippen LogP contribution in [0.25, 0.3) is 0 Å². The van der Waals surface area contributed by atoms with E-state index >= 15 is 0 Å². The quantitative estimate of drug-likeness (QED) is 0.512. The molecule has 0 saturated carbocycles. The summed E-state index contributed by atoms with van der Waals surface area (Å²) >= 11 is 0. The molecule has 4 heteroatoms. The van der Waals surface area contributed by atoms with Gasteiger partial charge in [-0.1, -0.05) is 13.8 Å². The maximum absolute atomic E-state index is 9.10. The van der Waals surface area contributed by atoms with Gasteiger partial charge in [-0.05, 0) is 5.92 Å². The molecular formula is C9H21NO3. The van der Waals surface area contributed by atoms with Gasteiger partial charge in [0.1, 0.15) is 0 Å². The third-order valence-corrected chi connectivity index (χ3v) is 1.98. The molecule has 0 rings (SSSR count). The normalized spacial score (nSPS) is 16.2. The van der Waals surface area contributed by atoms with Crippen molar-refractivity contribution in [1.29, 1.82) is 0 Å². The van der Waals surface area contributed by atoms with Crippen molar-refractivity contribution in [2.24, 2.45) is 5.92 Å². The Kier molecular flexibility index (Phi) is 7.17. The first-order valence-corrected chi connectivity index (χ1v) is 4.63. The molecule has 0 aliphatic heterocycles. The monoisotopic (exact) mass is 191 g/mol. The number of aliphatic hydroxyl groups is 2. The maximum atomic E-state index is 9.10. The molecule has 0 aliphatic carbocycles. The van der Waals surface area contributed by atoms with Crippen LogP contribution in [-0.4, -0.2) is 49.2 Å². The molecule has 0 spiro atoms. The van der Waals surface area contributed by atoms with Crippen molar-refractivity contribution in [3.05, 3.63) is 0 Å². The van der Waals surface area contributed by atoms with E-state index in [1.54, 1.807) is 7.11 Å². The number of methoxy groups -OCH3 is 1. The molecule has 3 N–H and O–H groups in total. The van der Waals surface area contributed by atoms with Crippen LogP contribution >= 0.6 is 0 Å². The summed E-state index contributed by atoms with van der Waals surface area (Å²) in [6.45, 7) is 4.99. The lowest BCUT2D eigenvalue weighted by molar-refractivity contribution is 0.0811. The molecule has 0 radical (unpaired) electrons. The summed E-state index contributed by atoms with van der Waals surface area (Å²) in [5.41, 5.74) is 0. The molecule has 4 nitrogen and oxygen atoms in total. The smallest absolute Gasteiger partial charge is 0.0895 e. The van der Waals surface area contributed by atoms with Crippen LogP contribution in [0.5, 0.6) is 0 Å². The summed E-state index contributed by atoms with van der Waals surface area (Å²) in [5.74, 6) is 0.450. The van der Waals surface area contributed by atoms with Crippen LogP contribution in [0.2, 0.25) is 0 Å². The number of rotatable bonds is 7. The van der Waals surface area contributed by atoms with E-state index in [-0.39, 0.29) is 12.6 Å². The molecule has 1 unspecified atom stereocenters. The zero-order valence-corrected chi connectivity index (χ0v) is 8.66. The van der Waals surface area contributed by atoms with Gasteiger partial charge in [-0.3, -0.25) is 0 Å². The van der Waals surface area contributed by atoms with E-state index in [0.29, 0.717) is 19.1 Å². The average molecular weight is 191 g/mol. The maximum Gasteiger partial charge on any atom is 0.0895 e. The molecule has 0 fully saturated rings. The van der Waals surface area contributed by atoms with Crippen LogP contribution < -0.4 is 5.32 Å². The number of ether oxygens (including phenoxy) is 1. The van der Waals surface area contributed by atoms with Crippen molar-refractivity contribution < 1.29 is 14.9 Å². The summed E-state index contributed by atoms with van der Waals surface area (Å²) < 4.78 is 5.02. The largest absolute Gasteiger partial charge is 0.394 e. The Morgan fingerprint density at radius 1 is 1.38 bits per heavy atom. The zero-order valence-electron chi connectivity index (χ0n) is 8.66. The summed E-state index contributed by atoms with van der Waals surface area (Å²) in [4.78, 5) is 0. The molecule has 13 heavy (non-hydrogen) atoms. The SMILES string of the molecule is COCC(NC[C@H](O)CO)C(C)C. The lowest BCUT2D eigenvalue weighted by atomic mass is 10.1. The van der Waals surface area contributed by atoms with Crippen molar-refractivity contribution >= 4 is 0 Å². The van der Waals surface area contributed by atoms with Crippen LogP contribution in [0.1, 0.15) is 13.8 Å². The van der Waals surface area contributed by atoms with Gasteiger partial charge >= 0.3 is 0 Å². The van der Waals surface area contributed by atoms with Gasteiger partial charge in [0, 0.05) is 19.7 Å². The van der Waals surface area contributed by atoms with Gasteiger partial charge in [-0.15, -0.1) is 0 Å². The Bertz CT molecular complexity index is 119. The average Bonchev–Trinajstić information content (AvgIpc) is 2.11. The van der Waals surface area contributed by atoms with Gasteiger partial charge in [-0.2, -0.15) is 0 Å². The molecule has 0 amide bonds. The minimum Gasteiger partial charge on any atom is -0.394 e. The summed E-state index contributed by atoms with van der Waals surface area (Å²) in [5, 5.41) is 20.8. The van der Waals surface area contributed by atoms with E-state index in [1.807, 2.05) is 0 Å². The molecule has 0 heterocycles. The molecule has 80 valence electrons. The van der Waals surface area contributed by atoms with E-state index < -0.39 is 6.10 Å². The van der Waals surface area contributed by atoms with E-state index in [1.165, 1.54) is 0 Å². The predicted octanol–water partition coefficient (Wildman–Crippen LogP) is -0.400. The van der Waals surface area contributed by atoms with Crippen LogP contribution in [0.15, 0.2) is 0 Å². The van der Waals surface area contributed by atoms with Crippen molar-refractivity contribution in [1.82, 2.24) is 5.32 Å². The highest BCUT2D eigenvalue weighted by molar-refractivity contribution is 4.71. The topological polar surface area (TPSA) is 61.7 Å². The Labute approximate surface area is 79.9 Å². The Morgan fingerprint density at radius 3 is 2.38 bits per heavy atom. The van der Waals surface area contributed by atoms with Crippen LogP contribution in [0, 0.1) is 5.92 Å². The van der Waals surface area contributed by atoms with Crippen LogP contribution in [0.4, 0.5) is 0 Å². The first kappa shape index (κ1) is 12.8. The van der Waals surface area contributed by atoms with E-state index in [4.69, 9.17) is 14.9 Å². The standard InChI is InChI=1S/C9H21NO3/c1-7(2)9(6-13-3)10-4-8(12)5-11/h7-12H,4-6H2,1-3H3/t8-,9?/m0/s1. The lowest BCUT2D eigenvalue weighted by Crippen LogP contribution is -2.42.